The maximum atomic E-state index is 14.0. The van der Waals surface area contributed by atoms with Crippen LogP contribution in [0, 0.1) is 0 Å². The van der Waals surface area contributed by atoms with Crippen molar-refractivity contribution < 1.29 is 45.4 Å². The predicted molar refractivity (Wildman–Crippen MR) is 93.1 cm³/mol. The molecule has 2 aromatic carbocycles. The Hall–Kier alpha value is -3.04. The second kappa shape index (κ2) is 8.37. The van der Waals surface area contributed by atoms with Crippen LogP contribution in [-0.2, 0) is 14.9 Å². The van der Waals surface area contributed by atoms with E-state index in [4.69, 9.17) is 4.74 Å². The number of esters is 2. The molecule has 0 fully saturated rings. The Morgan fingerprint density at radius 3 is 1.40 bits per heavy atom. The summed E-state index contributed by atoms with van der Waals surface area (Å²) in [6, 6.07) is 5.63. The van der Waals surface area contributed by atoms with E-state index in [0.29, 0.717) is 24.3 Å². The number of hydrogen-bond acceptors (Lipinski definition) is 4. The van der Waals surface area contributed by atoms with Crippen LogP contribution in [0.15, 0.2) is 48.5 Å². The Labute approximate surface area is 167 Å². The smallest absolute Gasteiger partial charge is 0.411 e. The number of halogens is 6. The Morgan fingerprint density at radius 1 is 0.733 bits per heavy atom. The summed E-state index contributed by atoms with van der Waals surface area (Å²) >= 11 is 0. The van der Waals surface area contributed by atoms with Gasteiger partial charge in [0.15, 0.2) is 0 Å². The number of ether oxygens (including phenoxy) is 2. The Bertz CT molecular complexity index is 885. The van der Waals surface area contributed by atoms with Crippen LogP contribution in [0.2, 0.25) is 0 Å². The third-order valence-corrected chi connectivity index (χ3v) is 4.42. The summed E-state index contributed by atoms with van der Waals surface area (Å²) in [6.07, 6.45) is -11.6. The summed E-state index contributed by atoms with van der Waals surface area (Å²) < 4.78 is 93.4. The van der Waals surface area contributed by atoms with Crippen LogP contribution in [0.25, 0.3) is 0 Å². The fourth-order valence-corrected chi connectivity index (χ4v) is 3.03. The summed E-state index contributed by atoms with van der Waals surface area (Å²) in [5.41, 5.74) is -7.07. The fourth-order valence-electron chi connectivity index (χ4n) is 3.03. The molecule has 0 atom stereocenters. The molecule has 0 saturated carbocycles. The number of hydrogen-bond donors (Lipinski definition) is 0. The quantitative estimate of drug-likeness (QED) is 0.488. The zero-order chi connectivity index (χ0) is 22.7. The SMILES string of the molecule is CCOC(=O)c1ccc(C(c2ccc(C(=O)OC)cc2)(C(F)(F)F)C(F)(F)F)cc1. The monoisotopic (exact) mass is 434 g/mol. The van der Waals surface area contributed by atoms with Crippen LogP contribution in [0.4, 0.5) is 26.3 Å². The van der Waals surface area contributed by atoms with Gasteiger partial charge in [-0.25, -0.2) is 9.59 Å². The van der Waals surface area contributed by atoms with Gasteiger partial charge in [-0.1, -0.05) is 24.3 Å². The van der Waals surface area contributed by atoms with E-state index < -0.39 is 40.8 Å². The van der Waals surface area contributed by atoms with Crippen LogP contribution in [0.1, 0.15) is 38.8 Å². The highest BCUT2D eigenvalue weighted by Crippen LogP contribution is 2.56. The van der Waals surface area contributed by atoms with Gasteiger partial charge in [0.2, 0.25) is 5.41 Å². The number of alkyl halides is 6. The molecule has 0 bridgehead atoms. The van der Waals surface area contributed by atoms with Crippen LogP contribution < -0.4 is 0 Å². The molecule has 0 saturated heterocycles. The van der Waals surface area contributed by atoms with E-state index in [2.05, 4.69) is 4.74 Å². The first kappa shape index (κ1) is 23.2. The molecular weight excluding hydrogens is 418 g/mol. The van der Waals surface area contributed by atoms with Crippen LogP contribution in [0.5, 0.6) is 0 Å². The first-order valence-corrected chi connectivity index (χ1v) is 8.50. The second-order valence-corrected chi connectivity index (χ2v) is 6.11. The molecule has 10 heteroatoms. The summed E-state index contributed by atoms with van der Waals surface area (Å²) in [4.78, 5) is 23.2. The van der Waals surface area contributed by atoms with Crippen molar-refractivity contribution in [2.24, 2.45) is 0 Å². The van der Waals surface area contributed by atoms with Crippen molar-refractivity contribution in [1.82, 2.24) is 0 Å². The largest absolute Gasteiger partial charge is 0.465 e. The molecule has 162 valence electrons. The highest BCUT2D eigenvalue weighted by molar-refractivity contribution is 5.90. The van der Waals surface area contributed by atoms with Gasteiger partial charge in [0.1, 0.15) is 0 Å². The lowest BCUT2D eigenvalue weighted by Crippen LogP contribution is -2.54. The minimum atomic E-state index is -5.79. The minimum Gasteiger partial charge on any atom is -0.465 e. The molecule has 0 radical (unpaired) electrons. The van der Waals surface area contributed by atoms with Gasteiger partial charge in [-0.05, 0) is 42.3 Å². The van der Waals surface area contributed by atoms with Crippen molar-refractivity contribution in [3.05, 3.63) is 70.8 Å². The van der Waals surface area contributed by atoms with E-state index in [0.717, 1.165) is 31.4 Å². The Morgan fingerprint density at radius 2 is 1.10 bits per heavy atom. The Kier molecular flexibility index (Phi) is 6.48. The molecule has 2 aromatic rings. The highest BCUT2D eigenvalue weighted by atomic mass is 19.4. The van der Waals surface area contributed by atoms with Gasteiger partial charge in [-0.3, -0.25) is 0 Å². The Balaban J connectivity index is 2.72. The molecule has 0 amide bonds. The van der Waals surface area contributed by atoms with Crippen LogP contribution >= 0.6 is 0 Å². The normalized spacial score (nSPS) is 12.4. The molecule has 0 aliphatic rings. The van der Waals surface area contributed by atoms with E-state index in [-0.39, 0.29) is 17.7 Å². The summed E-state index contributed by atoms with van der Waals surface area (Å²) in [7, 11) is 1.02. The molecule has 30 heavy (non-hydrogen) atoms. The number of methoxy groups -OCH3 is 1. The lowest BCUT2D eigenvalue weighted by molar-refractivity contribution is -0.288. The van der Waals surface area contributed by atoms with E-state index >= 15 is 0 Å². The van der Waals surface area contributed by atoms with Crippen molar-refractivity contribution in [3.63, 3.8) is 0 Å². The minimum absolute atomic E-state index is 0.0117. The molecule has 0 aromatic heterocycles. The molecular formula is C20H16F6O4. The average molecular weight is 434 g/mol. The van der Waals surface area contributed by atoms with Crippen LogP contribution in [0.3, 0.4) is 0 Å². The maximum Gasteiger partial charge on any atom is 0.411 e. The standard InChI is InChI=1S/C20H16F6O4/c1-3-30-17(28)13-6-10-15(11-7-13)18(19(21,22)23,20(24,25)26)14-8-4-12(5-9-14)16(27)29-2/h4-11H,3H2,1-2H3. The molecule has 0 spiro atoms. The molecule has 2 rings (SSSR count). The average Bonchev–Trinajstić information content (AvgIpc) is 2.67. The molecule has 0 unspecified atom stereocenters. The zero-order valence-electron chi connectivity index (χ0n) is 15.7. The van der Waals surface area contributed by atoms with Gasteiger partial charge >= 0.3 is 24.3 Å². The van der Waals surface area contributed by atoms with Crippen molar-refractivity contribution in [3.8, 4) is 0 Å². The summed E-state index contributed by atoms with van der Waals surface area (Å²) in [5, 5.41) is 0. The van der Waals surface area contributed by atoms with E-state index in [1.165, 1.54) is 6.92 Å². The van der Waals surface area contributed by atoms with Crippen molar-refractivity contribution in [2.45, 2.75) is 24.7 Å². The van der Waals surface area contributed by atoms with Crippen molar-refractivity contribution in [2.75, 3.05) is 13.7 Å². The lowest BCUT2D eigenvalue weighted by atomic mass is 9.72. The molecule has 4 nitrogen and oxygen atoms in total. The van der Waals surface area contributed by atoms with Crippen molar-refractivity contribution in [1.29, 1.82) is 0 Å². The van der Waals surface area contributed by atoms with E-state index in [9.17, 15) is 35.9 Å². The molecule has 0 N–H and O–H groups in total. The van der Waals surface area contributed by atoms with Crippen LogP contribution in [-0.4, -0.2) is 38.0 Å². The van der Waals surface area contributed by atoms with E-state index in [1.807, 2.05) is 0 Å². The zero-order valence-corrected chi connectivity index (χ0v) is 15.7. The molecule has 0 aliphatic heterocycles. The molecule has 0 heterocycles. The fraction of sp³-hybridized carbons (Fsp3) is 0.300. The molecule has 0 aliphatic carbocycles. The third-order valence-electron chi connectivity index (χ3n) is 4.42. The second-order valence-electron chi connectivity index (χ2n) is 6.11. The summed E-state index contributed by atoms with van der Waals surface area (Å²) in [6.45, 7) is 1.49. The van der Waals surface area contributed by atoms with Gasteiger partial charge in [0.25, 0.3) is 0 Å². The number of carbonyl (C=O) groups excluding carboxylic acids is 2. The van der Waals surface area contributed by atoms with Gasteiger partial charge in [-0.2, -0.15) is 26.3 Å². The topological polar surface area (TPSA) is 52.6 Å². The maximum absolute atomic E-state index is 14.0. The number of benzene rings is 2. The van der Waals surface area contributed by atoms with Gasteiger partial charge in [0, 0.05) is 0 Å². The highest BCUT2D eigenvalue weighted by Gasteiger charge is 2.72. The number of rotatable bonds is 5. The first-order valence-electron chi connectivity index (χ1n) is 8.50. The van der Waals surface area contributed by atoms with Crippen molar-refractivity contribution >= 4 is 11.9 Å². The van der Waals surface area contributed by atoms with E-state index in [1.54, 1.807) is 0 Å². The van der Waals surface area contributed by atoms with Gasteiger partial charge in [-0.15, -0.1) is 0 Å². The first-order chi connectivity index (χ1) is 13.9. The summed E-state index contributed by atoms with van der Waals surface area (Å²) in [5.74, 6) is -1.79. The predicted octanol–water partition coefficient (Wildman–Crippen LogP) is 5.06. The number of carbonyl (C=O) groups is 2. The third kappa shape index (κ3) is 3.99. The van der Waals surface area contributed by atoms with Gasteiger partial charge < -0.3 is 9.47 Å². The lowest BCUT2D eigenvalue weighted by Gasteiger charge is -2.38. The van der Waals surface area contributed by atoms with Gasteiger partial charge in [0.05, 0.1) is 24.8 Å².